The van der Waals surface area contributed by atoms with E-state index in [0.717, 1.165) is 74.8 Å². The van der Waals surface area contributed by atoms with Crippen molar-refractivity contribution in [2.45, 2.75) is 64.3 Å². The Morgan fingerprint density at radius 1 is 1.21 bits per heavy atom. The summed E-state index contributed by atoms with van der Waals surface area (Å²) in [4.78, 5) is 45.9. The molecule has 4 heterocycles. The van der Waals surface area contributed by atoms with E-state index in [1.54, 1.807) is 11.0 Å². The molecular weight excluding hydrogens is 544 g/mol. The summed E-state index contributed by atoms with van der Waals surface area (Å²) in [6.07, 6.45) is 5.71. The second kappa shape index (κ2) is 11.0. The van der Waals surface area contributed by atoms with Crippen LogP contribution in [0.5, 0.6) is 5.75 Å². The minimum atomic E-state index is -0.615. The first-order valence-corrected chi connectivity index (χ1v) is 15.4. The van der Waals surface area contributed by atoms with E-state index in [1.165, 1.54) is 11.1 Å². The SMILES string of the molecule is C=C/C(=N\c1ccc(CN2CC[C@H](Oc3ccc4c(c3)CN(C3CCC(=O)NC3=O)C4=O)C2)cc1C)C12CCOCC1C2. The number of carbonyl (C=O) groups excluding carboxylic acids is 3. The number of likely N-dealkylation sites (tertiary alicyclic amines) is 1. The molecule has 9 heteroatoms. The fourth-order valence-electron chi connectivity index (χ4n) is 7.37. The van der Waals surface area contributed by atoms with Gasteiger partial charge in [-0.2, -0.15) is 0 Å². The van der Waals surface area contributed by atoms with Crippen molar-refractivity contribution in [1.29, 1.82) is 0 Å². The van der Waals surface area contributed by atoms with Crippen LogP contribution in [0.2, 0.25) is 0 Å². The number of amides is 3. The largest absolute Gasteiger partial charge is 0.489 e. The zero-order valence-corrected chi connectivity index (χ0v) is 24.6. The summed E-state index contributed by atoms with van der Waals surface area (Å²) < 4.78 is 12.0. The Labute approximate surface area is 251 Å². The van der Waals surface area contributed by atoms with Crippen molar-refractivity contribution in [2.24, 2.45) is 16.3 Å². The van der Waals surface area contributed by atoms with Crippen LogP contribution in [0.25, 0.3) is 0 Å². The summed E-state index contributed by atoms with van der Waals surface area (Å²) in [5.41, 5.74) is 6.16. The first-order chi connectivity index (χ1) is 20.8. The molecule has 0 bridgehead atoms. The lowest BCUT2D eigenvalue weighted by atomic mass is 9.91. The quantitative estimate of drug-likeness (QED) is 0.372. The van der Waals surface area contributed by atoms with Gasteiger partial charge in [-0.3, -0.25) is 29.6 Å². The Hall–Kier alpha value is -3.82. The van der Waals surface area contributed by atoms with E-state index in [0.29, 0.717) is 24.4 Å². The van der Waals surface area contributed by atoms with Gasteiger partial charge in [-0.25, -0.2) is 0 Å². The summed E-state index contributed by atoms with van der Waals surface area (Å²) in [5.74, 6) is 0.462. The highest BCUT2D eigenvalue weighted by Crippen LogP contribution is 2.59. The Morgan fingerprint density at radius 3 is 2.88 bits per heavy atom. The number of rotatable bonds is 8. The van der Waals surface area contributed by atoms with Crippen molar-refractivity contribution in [1.82, 2.24) is 15.1 Å². The first-order valence-electron chi connectivity index (χ1n) is 15.4. The lowest BCUT2D eigenvalue weighted by molar-refractivity contribution is -0.136. The number of ether oxygens (including phenoxy) is 2. The van der Waals surface area contributed by atoms with Gasteiger partial charge in [0, 0.05) is 55.9 Å². The topological polar surface area (TPSA) is 101 Å². The lowest BCUT2D eigenvalue weighted by Crippen LogP contribution is -2.52. The van der Waals surface area contributed by atoms with Gasteiger partial charge in [0.25, 0.3) is 5.91 Å². The van der Waals surface area contributed by atoms with Gasteiger partial charge in [0.05, 0.1) is 12.3 Å². The Balaban J connectivity index is 0.954. The number of carbonyl (C=O) groups is 3. The molecule has 4 fully saturated rings. The van der Waals surface area contributed by atoms with Gasteiger partial charge in [-0.05, 0) is 85.6 Å². The van der Waals surface area contributed by atoms with Crippen LogP contribution in [0.3, 0.4) is 0 Å². The average Bonchev–Trinajstić information content (AvgIpc) is 3.45. The smallest absolute Gasteiger partial charge is 0.255 e. The highest BCUT2D eigenvalue weighted by molar-refractivity contribution is 6.05. The maximum absolute atomic E-state index is 13.0. The molecule has 0 spiro atoms. The number of nitrogens with zero attached hydrogens (tertiary/aromatic N) is 3. The minimum absolute atomic E-state index is 0.0618. The van der Waals surface area contributed by atoms with Gasteiger partial charge in [0.2, 0.25) is 11.8 Å². The Kier molecular flexibility index (Phi) is 7.18. The molecule has 0 aromatic heterocycles. The maximum atomic E-state index is 13.0. The fourth-order valence-corrected chi connectivity index (χ4v) is 7.37. The van der Waals surface area contributed by atoms with Crippen molar-refractivity contribution in [3.05, 3.63) is 71.3 Å². The molecule has 2 aromatic rings. The number of aryl methyl sites for hydroxylation is 1. The summed E-state index contributed by atoms with van der Waals surface area (Å²) in [6, 6.07) is 11.5. The van der Waals surface area contributed by atoms with Crippen LogP contribution < -0.4 is 10.1 Å². The molecule has 2 aromatic carbocycles. The van der Waals surface area contributed by atoms with E-state index in [4.69, 9.17) is 14.5 Å². The molecule has 224 valence electrons. The summed E-state index contributed by atoms with van der Waals surface area (Å²) in [6.45, 7) is 10.8. The van der Waals surface area contributed by atoms with E-state index in [-0.39, 0.29) is 29.8 Å². The number of hydrogen-bond acceptors (Lipinski definition) is 7. The van der Waals surface area contributed by atoms with Gasteiger partial charge < -0.3 is 14.4 Å². The van der Waals surface area contributed by atoms with Gasteiger partial charge in [0.1, 0.15) is 17.9 Å². The molecule has 9 nitrogen and oxygen atoms in total. The van der Waals surface area contributed by atoms with Crippen LogP contribution >= 0.6 is 0 Å². The number of piperidine rings is 1. The van der Waals surface area contributed by atoms with Crippen molar-refractivity contribution < 1.29 is 23.9 Å². The number of allylic oxidation sites excluding steroid dienone is 1. The van der Waals surface area contributed by atoms with Crippen molar-refractivity contribution in [2.75, 3.05) is 26.3 Å². The van der Waals surface area contributed by atoms with Crippen molar-refractivity contribution >= 4 is 29.1 Å². The van der Waals surface area contributed by atoms with Gasteiger partial charge in [-0.15, -0.1) is 0 Å². The van der Waals surface area contributed by atoms with Crippen molar-refractivity contribution in [3.8, 4) is 5.75 Å². The molecule has 4 aliphatic heterocycles. The third kappa shape index (κ3) is 5.29. The first kappa shape index (κ1) is 28.0. The van der Waals surface area contributed by atoms with Crippen LogP contribution in [0.15, 0.2) is 54.0 Å². The van der Waals surface area contributed by atoms with E-state index < -0.39 is 11.9 Å². The molecule has 0 radical (unpaired) electrons. The predicted molar refractivity (Wildman–Crippen MR) is 161 cm³/mol. The van der Waals surface area contributed by atoms with E-state index in [1.807, 2.05) is 18.2 Å². The number of aliphatic imine (C=N–C) groups is 1. The number of hydrogen-bond donors (Lipinski definition) is 1. The van der Waals surface area contributed by atoms with E-state index in [9.17, 15) is 14.4 Å². The zero-order chi connectivity index (χ0) is 29.7. The van der Waals surface area contributed by atoms with Crippen LogP contribution in [0.1, 0.15) is 59.2 Å². The standard InChI is InChI=1S/C34H38N4O5/c1-3-30(34-11-13-42-20-24(34)16-34)35-28-7-4-22(14-21(28)2)17-37-12-10-26(19-37)43-25-5-6-27-23(15-25)18-38(33(27)41)29-8-9-31(39)36-32(29)40/h3-7,14-15,24,26,29H,1,8-13,16-20H2,2H3,(H,36,39,40)/b35-30+/t24?,26-,29?,34?/m0/s1. The fraction of sp³-hybridized carbons (Fsp3) is 0.471. The van der Waals surface area contributed by atoms with Gasteiger partial charge >= 0.3 is 0 Å². The molecule has 3 saturated heterocycles. The zero-order valence-electron chi connectivity index (χ0n) is 24.6. The molecule has 1 saturated carbocycles. The number of nitrogens with one attached hydrogen (secondary N) is 1. The molecule has 7 rings (SSSR count). The highest BCUT2D eigenvalue weighted by Gasteiger charge is 2.58. The van der Waals surface area contributed by atoms with E-state index >= 15 is 0 Å². The number of benzene rings is 2. The molecule has 5 aliphatic rings. The monoisotopic (exact) mass is 582 g/mol. The van der Waals surface area contributed by atoms with Gasteiger partial charge in [-0.1, -0.05) is 18.7 Å². The third-order valence-electron chi connectivity index (χ3n) is 9.88. The molecule has 43 heavy (non-hydrogen) atoms. The third-order valence-corrected chi connectivity index (χ3v) is 9.88. The average molecular weight is 583 g/mol. The van der Waals surface area contributed by atoms with Crippen molar-refractivity contribution in [3.63, 3.8) is 0 Å². The van der Waals surface area contributed by atoms with Crippen LogP contribution in [0, 0.1) is 18.3 Å². The molecule has 3 unspecified atom stereocenters. The van der Waals surface area contributed by atoms with Crippen LogP contribution in [0.4, 0.5) is 5.69 Å². The number of fused-ring (bicyclic) bond motifs is 2. The number of imide groups is 1. The molecular formula is C34H38N4O5. The Morgan fingerprint density at radius 2 is 2.09 bits per heavy atom. The summed E-state index contributed by atoms with van der Waals surface area (Å²) >= 11 is 0. The van der Waals surface area contributed by atoms with Gasteiger partial charge in [0.15, 0.2) is 0 Å². The second-order valence-electron chi connectivity index (χ2n) is 12.7. The van der Waals surface area contributed by atoms with Crippen LogP contribution in [-0.4, -0.2) is 71.7 Å². The molecule has 4 atom stereocenters. The Bertz CT molecular complexity index is 1530. The molecule has 3 amide bonds. The molecule has 1 N–H and O–H groups in total. The minimum Gasteiger partial charge on any atom is -0.489 e. The normalized spacial score (nSPS) is 28.9. The predicted octanol–water partition coefficient (Wildman–Crippen LogP) is 4.09. The maximum Gasteiger partial charge on any atom is 0.255 e. The second-order valence-corrected chi connectivity index (χ2v) is 12.7. The van der Waals surface area contributed by atoms with E-state index in [2.05, 4.69) is 41.9 Å². The van der Waals surface area contributed by atoms with Crippen LogP contribution in [-0.2, 0) is 27.4 Å². The highest BCUT2D eigenvalue weighted by atomic mass is 16.5. The molecule has 1 aliphatic carbocycles. The lowest BCUT2D eigenvalue weighted by Gasteiger charge is -2.29. The summed E-state index contributed by atoms with van der Waals surface area (Å²) in [5, 5.41) is 2.35. The summed E-state index contributed by atoms with van der Waals surface area (Å²) in [7, 11) is 0.